The summed E-state index contributed by atoms with van der Waals surface area (Å²) in [6.45, 7) is 0. The molecule has 17 heavy (non-hydrogen) atoms. The van der Waals surface area contributed by atoms with E-state index in [1.807, 2.05) is 0 Å². The molecule has 0 amide bonds. The van der Waals surface area contributed by atoms with Gasteiger partial charge in [0.1, 0.15) is 12.1 Å². The van der Waals surface area contributed by atoms with E-state index in [0.29, 0.717) is 11.5 Å². The standard InChI is InChI=1S/C11H7FN4O/c12-10-7-9(15-16-13)3-1-8(10)2-4-11-14-5-6-17-11/h1-7H. The Morgan fingerprint density at radius 3 is 2.94 bits per heavy atom. The first-order valence-electron chi connectivity index (χ1n) is 4.72. The molecule has 0 N–H and O–H groups in total. The number of aromatic nitrogens is 1. The van der Waals surface area contributed by atoms with Gasteiger partial charge in [-0.1, -0.05) is 17.2 Å². The van der Waals surface area contributed by atoms with Gasteiger partial charge in [0.25, 0.3) is 0 Å². The molecule has 2 aromatic rings. The van der Waals surface area contributed by atoms with E-state index in [1.54, 1.807) is 6.08 Å². The fraction of sp³-hybridized carbons (Fsp3) is 0. The summed E-state index contributed by atoms with van der Waals surface area (Å²) >= 11 is 0. The minimum absolute atomic E-state index is 0.235. The second-order valence-corrected chi connectivity index (χ2v) is 3.10. The molecule has 0 saturated carbocycles. The van der Waals surface area contributed by atoms with Gasteiger partial charge in [0.2, 0.25) is 5.89 Å². The first kappa shape index (κ1) is 10.9. The van der Waals surface area contributed by atoms with Crippen LogP contribution in [0.5, 0.6) is 0 Å². The van der Waals surface area contributed by atoms with Crippen LogP contribution in [0.3, 0.4) is 0 Å². The molecule has 0 bridgehead atoms. The van der Waals surface area contributed by atoms with Gasteiger partial charge in [0.05, 0.1) is 6.20 Å². The number of halogens is 1. The van der Waals surface area contributed by atoms with Crippen molar-refractivity contribution in [3.8, 4) is 0 Å². The quantitative estimate of drug-likeness (QED) is 0.455. The predicted octanol–water partition coefficient (Wildman–Crippen LogP) is 3.93. The summed E-state index contributed by atoms with van der Waals surface area (Å²) in [6, 6.07) is 4.20. The number of hydrogen-bond acceptors (Lipinski definition) is 3. The largest absolute Gasteiger partial charge is 0.445 e. The predicted molar refractivity (Wildman–Crippen MR) is 60.6 cm³/mol. The lowest BCUT2D eigenvalue weighted by Crippen LogP contribution is -1.80. The maximum absolute atomic E-state index is 13.5. The first-order valence-corrected chi connectivity index (χ1v) is 4.72. The molecule has 0 radical (unpaired) electrons. The van der Waals surface area contributed by atoms with Crippen molar-refractivity contribution < 1.29 is 8.81 Å². The Bertz CT molecular complexity index is 586. The average molecular weight is 230 g/mol. The molecule has 0 aliphatic carbocycles. The molecule has 6 heteroatoms. The van der Waals surface area contributed by atoms with Crippen molar-refractivity contribution in [2.24, 2.45) is 5.11 Å². The second kappa shape index (κ2) is 4.96. The Morgan fingerprint density at radius 1 is 1.41 bits per heavy atom. The molecule has 0 spiro atoms. The molecule has 0 aliphatic heterocycles. The fourth-order valence-electron chi connectivity index (χ4n) is 1.24. The van der Waals surface area contributed by atoms with Gasteiger partial charge < -0.3 is 4.42 Å². The summed E-state index contributed by atoms with van der Waals surface area (Å²) in [4.78, 5) is 6.44. The van der Waals surface area contributed by atoms with Crippen LogP contribution in [0.2, 0.25) is 0 Å². The minimum atomic E-state index is -0.474. The second-order valence-electron chi connectivity index (χ2n) is 3.10. The molecule has 0 aliphatic rings. The van der Waals surface area contributed by atoms with Crippen LogP contribution in [0.4, 0.5) is 10.1 Å². The van der Waals surface area contributed by atoms with E-state index >= 15 is 0 Å². The number of hydrogen-bond donors (Lipinski definition) is 0. The van der Waals surface area contributed by atoms with Crippen molar-refractivity contribution in [2.75, 3.05) is 0 Å². The first-order chi connectivity index (χ1) is 8.29. The number of nitrogens with zero attached hydrogens (tertiary/aromatic N) is 4. The van der Waals surface area contributed by atoms with Gasteiger partial charge in [0, 0.05) is 22.2 Å². The van der Waals surface area contributed by atoms with Gasteiger partial charge in [-0.05, 0) is 17.7 Å². The van der Waals surface area contributed by atoms with Crippen molar-refractivity contribution in [1.29, 1.82) is 0 Å². The molecular formula is C11H7FN4O. The summed E-state index contributed by atoms with van der Waals surface area (Å²) in [5.74, 6) is -0.0822. The van der Waals surface area contributed by atoms with Crippen LogP contribution in [-0.2, 0) is 0 Å². The monoisotopic (exact) mass is 230 g/mol. The van der Waals surface area contributed by atoms with Crippen molar-refractivity contribution in [2.45, 2.75) is 0 Å². The molecule has 2 rings (SSSR count). The molecule has 0 atom stereocenters. The van der Waals surface area contributed by atoms with Crippen LogP contribution < -0.4 is 0 Å². The number of benzene rings is 1. The average Bonchev–Trinajstić information content (AvgIpc) is 2.81. The van der Waals surface area contributed by atoms with Crippen LogP contribution in [0.25, 0.3) is 22.6 Å². The van der Waals surface area contributed by atoms with E-state index in [1.165, 1.54) is 30.7 Å². The maximum Gasteiger partial charge on any atom is 0.218 e. The minimum Gasteiger partial charge on any atom is -0.445 e. The number of oxazole rings is 1. The highest BCUT2D eigenvalue weighted by Crippen LogP contribution is 2.19. The van der Waals surface area contributed by atoms with E-state index in [0.717, 1.165) is 6.07 Å². The van der Waals surface area contributed by atoms with Gasteiger partial charge in [-0.2, -0.15) is 0 Å². The van der Waals surface area contributed by atoms with E-state index in [9.17, 15) is 4.39 Å². The van der Waals surface area contributed by atoms with E-state index in [4.69, 9.17) is 9.95 Å². The van der Waals surface area contributed by atoms with Crippen LogP contribution in [0.1, 0.15) is 11.5 Å². The SMILES string of the molecule is [N-]=[N+]=Nc1ccc(C=Cc2ncco2)c(F)c1. The van der Waals surface area contributed by atoms with Crippen LogP contribution >= 0.6 is 0 Å². The topological polar surface area (TPSA) is 74.8 Å². The van der Waals surface area contributed by atoms with Gasteiger partial charge in [0.15, 0.2) is 0 Å². The van der Waals surface area contributed by atoms with Gasteiger partial charge in [-0.15, -0.1) is 0 Å². The third kappa shape index (κ3) is 2.70. The molecule has 5 nitrogen and oxygen atoms in total. The smallest absolute Gasteiger partial charge is 0.218 e. The Morgan fingerprint density at radius 2 is 2.29 bits per heavy atom. The molecular weight excluding hydrogens is 223 g/mol. The number of azide groups is 1. The Balaban J connectivity index is 2.25. The third-order valence-electron chi connectivity index (χ3n) is 2.00. The van der Waals surface area contributed by atoms with Gasteiger partial charge >= 0.3 is 0 Å². The Hall–Kier alpha value is -2.59. The highest BCUT2D eigenvalue weighted by atomic mass is 19.1. The molecule has 1 heterocycles. The molecule has 84 valence electrons. The van der Waals surface area contributed by atoms with E-state index in [-0.39, 0.29) is 5.69 Å². The Kier molecular flexibility index (Phi) is 3.18. The summed E-state index contributed by atoms with van der Waals surface area (Å²) in [5.41, 5.74) is 8.81. The summed E-state index contributed by atoms with van der Waals surface area (Å²) < 4.78 is 18.5. The molecule has 1 aromatic carbocycles. The van der Waals surface area contributed by atoms with Gasteiger partial charge in [-0.3, -0.25) is 0 Å². The third-order valence-corrected chi connectivity index (χ3v) is 2.00. The van der Waals surface area contributed by atoms with Crippen molar-refractivity contribution >= 4 is 17.8 Å². The molecule has 1 aromatic heterocycles. The zero-order chi connectivity index (χ0) is 12.1. The van der Waals surface area contributed by atoms with Crippen LogP contribution in [0, 0.1) is 5.82 Å². The van der Waals surface area contributed by atoms with Crippen LogP contribution in [0.15, 0.2) is 40.2 Å². The number of rotatable bonds is 3. The van der Waals surface area contributed by atoms with Crippen molar-refractivity contribution in [3.63, 3.8) is 0 Å². The van der Waals surface area contributed by atoms with Crippen LogP contribution in [-0.4, -0.2) is 4.98 Å². The lowest BCUT2D eigenvalue weighted by atomic mass is 10.2. The fourth-order valence-corrected chi connectivity index (χ4v) is 1.24. The molecule has 0 fully saturated rings. The summed E-state index contributed by atoms with van der Waals surface area (Å²) in [6.07, 6.45) is 6.01. The maximum atomic E-state index is 13.5. The van der Waals surface area contributed by atoms with E-state index in [2.05, 4.69) is 15.0 Å². The highest BCUT2D eigenvalue weighted by Gasteiger charge is 2.00. The van der Waals surface area contributed by atoms with Gasteiger partial charge in [-0.25, -0.2) is 9.37 Å². The van der Waals surface area contributed by atoms with Crippen molar-refractivity contribution in [3.05, 3.63) is 58.4 Å². The lowest BCUT2D eigenvalue weighted by molar-refractivity contribution is 0.547. The highest BCUT2D eigenvalue weighted by molar-refractivity contribution is 5.67. The lowest BCUT2D eigenvalue weighted by Gasteiger charge is -1.97. The zero-order valence-electron chi connectivity index (χ0n) is 8.62. The van der Waals surface area contributed by atoms with Crippen molar-refractivity contribution in [1.82, 2.24) is 4.98 Å². The normalized spacial score (nSPS) is 10.4. The Labute approximate surface area is 95.8 Å². The summed E-state index contributed by atoms with van der Waals surface area (Å²) in [5, 5.41) is 3.30. The summed E-state index contributed by atoms with van der Waals surface area (Å²) in [7, 11) is 0. The molecule has 0 saturated heterocycles. The zero-order valence-corrected chi connectivity index (χ0v) is 8.62. The molecule has 0 unspecified atom stereocenters. The van der Waals surface area contributed by atoms with E-state index < -0.39 is 5.82 Å².